The molecule has 0 aliphatic heterocycles. The van der Waals surface area contributed by atoms with Gasteiger partial charge in [-0.2, -0.15) is 0 Å². The summed E-state index contributed by atoms with van der Waals surface area (Å²) < 4.78 is 17.7. The second-order valence-corrected chi connectivity index (χ2v) is 21.7. The zero-order valence-electron chi connectivity index (χ0n) is 19.5. The van der Waals surface area contributed by atoms with Crippen LogP contribution in [0.2, 0.25) is 0 Å². The van der Waals surface area contributed by atoms with E-state index in [4.69, 9.17) is 48.8 Å². The minimum absolute atomic E-state index is 0.162. The van der Waals surface area contributed by atoms with Crippen LogP contribution >= 0.6 is 48.8 Å². The van der Waals surface area contributed by atoms with Crippen LogP contribution in [0.4, 0.5) is 0 Å². The molecule has 0 saturated carbocycles. The van der Waals surface area contributed by atoms with Crippen LogP contribution in [0, 0.1) is 0 Å². The van der Waals surface area contributed by atoms with Crippen molar-refractivity contribution in [2.24, 2.45) is 0 Å². The molecule has 0 aromatic carbocycles. The molecule has 0 bridgehead atoms. The van der Waals surface area contributed by atoms with Crippen LogP contribution < -0.4 is 0 Å². The minimum atomic E-state index is -3.11. The van der Waals surface area contributed by atoms with Gasteiger partial charge in [-0.3, -0.25) is 14.4 Å². The van der Waals surface area contributed by atoms with Gasteiger partial charge < -0.3 is 24.1 Å². The van der Waals surface area contributed by atoms with E-state index in [0.29, 0.717) is 0 Å². The van der Waals surface area contributed by atoms with E-state index in [2.05, 4.69) is 25.5 Å². The first-order chi connectivity index (χ1) is 15.2. The number of hydrogen-bond donors (Lipinski definition) is 1. The molecule has 0 aliphatic rings. The van der Waals surface area contributed by atoms with E-state index in [-0.39, 0.29) is 25.6 Å². The Morgan fingerprint density at radius 3 is 1.59 bits per heavy atom. The first kappa shape index (κ1) is 40.6. The van der Waals surface area contributed by atoms with Crippen LogP contribution in [0.3, 0.4) is 0 Å². The summed E-state index contributed by atoms with van der Waals surface area (Å²) in [6, 6.07) is 0. The van der Waals surface area contributed by atoms with Crippen molar-refractivity contribution in [2.45, 2.75) is 59.1 Å². The number of halogens is 5. The topological polar surface area (TPSA) is 142 Å². The molecule has 0 rings (SSSR count). The van der Waals surface area contributed by atoms with E-state index in [0.717, 1.165) is 6.26 Å². The van der Waals surface area contributed by atoms with Crippen molar-refractivity contribution >= 4 is 78.5 Å². The predicted octanol–water partition coefficient (Wildman–Crippen LogP) is 4.41. The van der Waals surface area contributed by atoms with Crippen LogP contribution in [-0.4, -0.2) is 59.1 Å². The van der Waals surface area contributed by atoms with Crippen molar-refractivity contribution in [3.8, 4) is 0 Å². The van der Waals surface area contributed by atoms with Gasteiger partial charge in [0.2, 0.25) is 5.78 Å². The standard InChI is InChI=1S/C9H15ClO5.C5H8O3.C4H6O2.4ClH.Ti/c1-4-14-8(12)9(3,13)5-7(10)15-6(2)11;1-3-8-5(7)4(2)6;1-3-6-4(2)5;;;;;/h7,13H,4-5H2,1-3H3;3H2,1-2H3;3H,1H2,2H3;4*1H;/q;;;;;;;+4/p-4. The van der Waals surface area contributed by atoms with Crippen molar-refractivity contribution in [3.05, 3.63) is 12.8 Å². The molecule has 0 radical (unpaired) electrons. The summed E-state index contributed by atoms with van der Waals surface area (Å²) in [4.78, 5) is 51.7. The number of ketones is 1. The summed E-state index contributed by atoms with van der Waals surface area (Å²) in [6.07, 6.45) is 0.884. The average Bonchev–Trinajstić information content (AvgIpc) is 2.60. The first-order valence-electron chi connectivity index (χ1n) is 9.17. The van der Waals surface area contributed by atoms with Crippen molar-refractivity contribution in [1.29, 1.82) is 0 Å². The third-order valence-electron chi connectivity index (χ3n) is 2.38. The quantitative estimate of drug-likeness (QED) is 0.102. The SMILES string of the molecule is C=COC(C)=O.CCOC(=O)C(C)(O)CC(Cl)OC(C)=O.CCOC(=O)C(C)=O.[Cl][Ti]([Cl])([Cl])[Cl]. The average molecular weight is 631 g/mol. The molecule has 16 heteroatoms. The molecule has 200 valence electrons. The van der Waals surface area contributed by atoms with Crippen LogP contribution in [-0.2, 0) is 55.3 Å². The van der Waals surface area contributed by atoms with E-state index in [1.54, 1.807) is 13.8 Å². The zero-order valence-corrected chi connectivity index (χ0v) is 24.8. The Labute approximate surface area is 222 Å². The van der Waals surface area contributed by atoms with E-state index < -0.39 is 47.2 Å². The number of Topliss-reactive ketones (excluding diaryl/α,β-unsaturated/α-hetero) is 1. The molecule has 0 aliphatic carbocycles. The maximum absolute atomic E-state index is 11.2. The Kier molecular flexibility index (Phi) is 27.3. The van der Waals surface area contributed by atoms with E-state index in [1.165, 1.54) is 27.7 Å². The summed E-state index contributed by atoms with van der Waals surface area (Å²) in [6.45, 7) is 11.8. The Balaban J connectivity index is -0.000000198. The van der Waals surface area contributed by atoms with Crippen molar-refractivity contribution in [2.75, 3.05) is 13.2 Å². The van der Waals surface area contributed by atoms with Gasteiger partial charge in [0.15, 0.2) is 11.2 Å². The van der Waals surface area contributed by atoms with Crippen molar-refractivity contribution in [1.82, 2.24) is 0 Å². The molecule has 0 spiro atoms. The summed E-state index contributed by atoms with van der Waals surface area (Å²) >= 11 is 2.48. The molecule has 2 unspecified atom stereocenters. The molecule has 0 aromatic rings. The summed E-state index contributed by atoms with van der Waals surface area (Å²) in [5.74, 6) is -3.00. The van der Waals surface area contributed by atoms with Crippen molar-refractivity contribution < 1.29 is 60.4 Å². The number of aliphatic hydroxyl groups is 1. The molecular formula is C18H29Cl5O10Ti. The molecular weight excluding hydrogens is 601 g/mol. The molecule has 2 atom stereocenters. The van der Waals surface area contributed by atoms with E-state index >= 15 is 0 Å². The third-order valence-corrected chi connectivity index (χ3v) is 2.62. The van der Waals surface area contributed by atoms with E-state index in [9.17, 15) is 29.1 Å². The second kappa shape index (κ2) is 22.9. The number of alkyl halides is 1. The maximum atomic E-state index is 11.2. The van der Waals surface area contributed by atoms with Gasteiger partial charge in [0.25, 0.3) is 0 Å². The molecule has 0 fully saturated rings. The zero-order chi connectivity index (χ0) is 28.1. The van der Waals surface area contributed by atoms with Gasteiger partial charge in [-0.25, -0.2) is 9.59 Å². The monoisotopic (exact) mass is 628 g/mol. The molecule has 34 heavy (non-hydrogen) atoms. The fraction of sp³-hybridized carbons (Fsp3) is 0.611. The van der Waals surface area contributed by atoms with Crippen LogP contribution in [0.1, 0.15) is 48.0 Å². The summed E-state index contributed by atoms with van der Waals surface area (Å²) in [7, 11) is 20.1. The summed E-state index contributed by atoms with van der Waals surface area (Å²) in [5, 5.41) is 9.65. The second-order valence-electron chi connectivity index (χ2n) is 5.70. The molecule has 0 amide bonds. The molecule has 0 heterocycles. The normalized spacial score (nSPS) is 12.1. The van der Waals surface area contributed by atoms with Gasteiger partial charge >= 0.3 is 73.4 Å². The number of hydrogen-bond acceptors (Lipinski definition) is 10. The number of carbonyl (C=O) groups excluding carboxylic acids is 5. The van der Waals surface area contributed by atoms with Crippen LogP contribution in [0.5, 0.6) is 0 Å². The van der Waals surface area contributed by atoms with Gasteiger partial charge in [-0.05, 0) is 20.8 Å². The fourth-order valence-corrected chi connectivity index (χ4v) is 1.68. The van der Waals surface area contributed by atoms with Crippen LogP contribution in [0.25, 0.3) is 0 Å². The third kappa shape index (κ3) is 38.7. The Morgan fingerprint density at radius 1 is 0.971 bits per heavy atom. The van der Waals surface area contributed by atoms with Gasteiger partial charge in [-0.1, -0.05) is 18.2 Å². The van der Waals surface area contributed by atoms with Crippen LogP contribution in [0.15, 0.2) is 12.8 Å². The molecule has 1 N–H and O–H groups in total. The first-order valence-corrected chi connectivity index (χ1v) is 18.2. The van der Waals surface area contributed by atoms with Gasteiger partial charge in [0.1, 0.15) is 0 Å². The van der Waals surface area contributed by atoms with Gasteiger partial charge in [0.05, 0.1) is 19.5 Å². The number of esters is 4. The molecule has 0 aromatic heterocycles. The Hall–Kier alpha value is -0.586. The Morgan fingerprint density at radius 2 is 1.38 bits per heavy atom. The van der Waals surface area contributed by atoms with Gasteiger partial charge in [0, 0.05) is 27.2 Å². The van der Waals surface area contributed by atoms with E-state index in [1.807, 2.05) is 0 Å². The Bertz CT molecular complexity index is 648. The molecule has 10 nitrogen and oxygen atoms in total. The number of ether oxygens (including phenoxy) is 4. The predicted molar refractivity (Wildman–Crippen MR) is 126 cm³/mol. The number of carbonyl (C=O) groups is 5. The fourth-order valence-electron chi connectivity index (χ4n) is 1.25. The van der Waals surface area contributed by atoms with Gasteiger partial charge in [-0.15, -0.1) is 0 Å². The van der Waals surface area contributed by atoms with Crippen molar-refractivity contribution in [3.63, 3.8) is 0 Å². The number of rotatable bonds is 8. The summed E-state index contributed by atoms with van der Waals surface area (Å²) in [5.41, 5.74) is -2.81. The molecule has 0 saturated heterocycles.